The highest BCUT2D eigenvalue weighted by Gasteiger charge is 2.16. The summed E-state index contributed by atoms with van der Waals surface area (Å²) in [6, 6.07) is 6.22. The van der Waals surface area contributed by atoms with Crippen LogP contribution in [0.2, 0.25) is 5.02 Å². The molecule has 0 aliphatic carbocycles. The molecule has 0 aliphatic rings. The largest absolute Gasteiger partial charge is 0.493 e. The molecule has 1 amide bonds. The van der Waals surface area contributed by atoms with E-state index in [9.17, 15) is 9.59 Å². The number of nitrogens with one attached hydrogen (secondary N) is 1. The van der Waals surface area contributed by atoms with Gasteiger partial charge in [0.05, 0.1) is 18.7 Å². The second-order valence-electron chi connectivity index (χ2n) is 5.16. The predicted octanol–water partition coefficient (Wildman–Crippen LogP) is 3.66. The van der Waals surface area contributed by atoms with E-state index in [-0.39, 0.29) is 18.0 Å². The first kappa shape index (κ1) is 17.9. The van der Waals surface area contributed by atoms with Gasteiger partial charge in [-0.05, 0) is 37.6 Å². The zero-order chi connectivity index (χ0) is 17.7. The van der Waals surface area contributed by atoms with Gasteiger partial charge in [0.1, 0.15) is 22.8 Å². The van der Waals surface area contributed by atoms with Crippen LogP contribution in [0.4, 0.5) is 0 Å². The van der Waals surface area contributed by atoms with Gasteiger partial charge in [0, 0.05) is 5.02 Å². The van der Waals surface area contributed by atoms with E-state index >= 15 is 0 Å². The Morgan fingerprint density at radius 2 is 2.04 bits per heavy atom. The minimum atomic E-state index is -1.07. The van der Waals surface area contributed by atoms with Crippen molar-refractivity contribution < 1.29 is 23.8 Å². The number of halogens is 1. The molecule has 2 rings (SSSR count). The third-order valence-electron chi connectivity index (χ3n) is 3.27. The summed E-state index contributed by atoms with van der Waals surface area (Å²) in [7, 11) is 0. The second kappa shape index (κ2) is 7.88. The Kier molecular flexibility index (Phi) is 5.87. The number of carboxylic acid groups (broad SMARTS) is 1. The van der Waals surface area contributed by atoms with Gasteiger partial charge in [-0.15, -0.1) is 0 Å². The van der Waals surface area contributed by atoms with E-state index in [1.165, 1.54) is 12.1 Å². The fourth-order valence-corrected chi connectivity index (χ4v) is 2.30. The number of amides is 1. The summed E-state index contributed by atoms with van der Waals surface area (Å²) >= 11 is 5.95. The number of rotatable bonds is 7. The van der Waals surface area contributed by atoms with Crippen LogP contribution in [0.25, 0.3) is 0 Å². The Hall–Kier alpha value is -2.47. The van der Waals surface area contributed by atoms with Gasteiger partial charge in [0.15, 0.2) is 0 Å². The number of carbonyl (C=O) groups excluding carboxylic acids is 1. The molecule has 0 fully saturated rings. The van der Waals surface area contributed by atoms with Crippen LogP contribution >= 0.6 is 11.6 Å². The molecule has 2 N–H and O–H groups in total. The predicted molar refractivity (Wildman–Crippen MR) is 88.8 cm³/mol. The Morgan fingerprint density at radius 3 is 2.67 bits per heavy atom. The summed E-state index contributed by atoms with van der Waals surface area (Å²) in [5.74, 6) is -0.355. The van der Waals surface area contributed by atoms with Gasteiger partial charge in [-0.2, -0.15) is 0 Å². The molecular weight excluding hydrogens is 334 g/mol. The van der Waals surface area contributed by atoms with Gasteiger partial charge in [-0.3, -0.25) is 4.79 Å². The van der Waals surface area contributed by atoms with E-state index < -0.39 is 5.97 Å². The maximum Gasteiger partial charge on any atom is 0.339 e. The SMILES string of the molecule is CCCOc1ccc(Cl)cc1C(=O)NCc1cc(C(=O)O)c(C)o1. The van der Waals surface area contributed by atoms with Crippen molar-refractivity contribution in [2.45, 2.75) is 26.8 Å². The molecule has 0 unspecified atom stereocenters. The van der Waals surface area contributed by atoms with Gasteiger partial charge in [-0.1, -0.05) is 18.5 Å². The van der Waals surface area contributed by atoms with Crippen molar-refractivity contribution in [3.63, 3.8) is 0 Å². The molecule has 0 atom stereocenters. The first-order valence-corrected chi connectivity index (χ1v) is 7.83. The summed E-state index contributed by atoms with van der Waals surface area (Å²) in [6.07, 6.45) is 0.813. The van der Waals surface area contributed by atoms with Crippen molar-refractivity contribution in [2.75, 3.05) is 6.61 Å². The quantitative estimate of drug-likeness (QED) is 0.794. The number of carbonyl (C=O) groups is 2. The van der Waals surface area contributed by atoms with Crippen LogP contribution in [-0.2, 0) is 6.54 Å². The number of hydrogen-bond acceptors (Lipinski definition) is 4. The number of benzene rings is 1. The molecule has 0 saturated heterocycles. The number of carboxylic acids is 1. The fraction of sp³-hybridized carbons (Fsp3) is 0.294. The van der Waals surface area contributed by atoms with Gasteiger partial charge in [-0.25, -0.2) is 4.79 Å². The van der Waals surface area contributed by atoms with Crippen molar-refractivity contribution in [2.24, 2.45) is 0 Å². The Labute approximate surface area is 144 Å². The average molecular weight is 352 g/mol. The molecule has 1 aromatic heterocycles. The highest BCUT2D eigenvalue weighted by Crippen LogP contribution is 2.23. The van der Waals surface area contributed by atoms with Crippen molar-refractivity contribution in [3.05, 3.63) is 51.9 Å². The Morgan fingerprint density at radius 1 is 1.29 bits per heavy atom. The van der Waals surface area contributed by atoms with E-state index in [1.54, 1.807) is 19.1 Å². The van der Waals surface area contributed by atoms with Crippen LogP contribution < -0.4 is 10.1 Å². The molecule has 7 heteroatoms. The normalized spacial score (nSPS) is 10.5. The summed E-state index contributed by atoms with van der Waals surface area (Å²) in [6.45, 7) is 4.07. The second-order valence-corrected chi connectivity index (χ2v) is 5.60. The molecule has 2 aromatic rings. The molecule has 128 valence electrons. The highest BCUT2D eigenvalue weighted by molar-refractivity contribution is 6.31. The van der Waals surface area contributed by atoms with E-state index in [2.05, 4.69) is 5.32 Å². The molecule has 0 spiro atoms. The Balaban J connectivity index is 2.11. The third-order valence-corrected chi connectivity index (χ3v) is 3.51. The summed E-state index contributed by atoms with van der Waals surface area (Å²) in [4.78, 5) is 23.4. The van der Waals surface area contributed by atoms with Gasteiger partial charge < -0.3 is 19.6 Å². The highest BCUT2D eigenvalue weighted by atomic mass is 35.5. The number of ether oxygens (including phenoxy) is 1. The maximum atomic E-state index is 12.4. The van der Waals surface area contributed by atoms with Gasteiger partial charge in [0.25, 0.3) is 5.91 Å². The van der Waals surface area contributed by atoms with Crippen LogP contribution in [0.3, 0.4) is 0 Å². The van der Waals surface area contributed by atoms with Crippen molar-refractivity contribution in [1.82, 2.24) is 5.32 Å². The van der Waals surface area contributed by atoms with Crippen LogP contribution in [0, 0.1) is 6.92 Å². The summed E-state index contributed by atoms with van der Waals surface area (Å²) in [5.41, 5.74) is 0.395. The first-order chi connectivity index (χ1) is 11.4. The third kappa shape index (κ3) is 4.29. The zero-order valence-electron chi connectivity index (χ0n) is 13.4. The van der Waals surface area contributed by atoms with Crippen molar-refractivity contribution in [3.8, 4) is 5.75 Å². The number of aromatic carboxylic acids is 1. The lowest BCUT2D eigenvalue weighted by molar-refractivity contribution is 0.0694. The first-order valence-electron chi connectivity index (χ1n) is 7.45. The average Bonchev–Trinajstić information content (AvgIpc) is 2.92. The minimum absolute atomic E-state index is 0.0622. The summed E-state index contributed by atoms with van der Waals surface area (Å²) < 4.78 is 10.9. The van der Waals surface area contributed by atoms with Crippen LogP contribution in [0.5, 0.6) is 5.75 Å². The zero-order valence-corrected chi connectivity index (χ0v) is 14.1. The number of furan rings is 1. The van der Waals surface area contributed by atoms with Crippen molar-refractivity contribution >= 4 is 23.5 Å². The monoisotopic (exact) mass is 351 g/mol. The van der Waals surface area contributed by atoms with Gasteiger partial charge >= 0.3 is 5.97 Å². The molecule has 0 bridgehead atoms. The molecule has 1 heterocycles. The fourth-order valence-electron chi connectivity index (χ4n) is 2.12. The minimum Gasteiger partial charge on any atom is -0.493 e. The van der Waals surface area contributed by atoms with E-state index in [0.717, 1.165) is 6.42 Å². The van der Waals surface area contributed by atoms with E-state index in [0.29, 0.717) is 34.5 Å². The lowest BCUT2D eigenvalue weighted by Gasteiger charge is -2.11. The Bertz CT molecular complexity index is 753. The van der Waals surface area contributed by atoms with Crippen LogP contribution in [0.1, 0.15) is 45.6 Å². The van der Waals surface area contributed by atoms with Crippen molar-refractivity contribution in [1.29, 1.82) is 0 Å². The molecule has 0 aliphatic heterocycles. The number of aryl methyl sites for hydroxylation is 1. The standard InChI is InChI=1S/C17H18ClNO5/c1-3-6-23-15-5-4-11(18)7-14(15)16(20)19-9-12-8-13(17(21)22)10(2)24-12/h4-5,7-8H,3,6,9H2,1-2H3,(H,19,20)(H,21,22). The molecule has 1 aromatic carbocycles. The van der Waals surface area contributed by atoms with E-state index in [1.807, 2.05) is 6.92 Å². The molecule has 6 nitrogen and oxygen atoms in total. The topological polar surface area (TPSA) is 88.8 Å². The lowest BCUT2D eigenvalue weighted by Crippen LogP contribution is -2.23. The molecule has 24 heavy (non-hydrogen) atoms. The smallest absolute Gasteiger partial charge is 0.339 e. The van der Waals surface area contributed by atoms with Crippen LogP contribution in [0.15, 0.2) is 28.7 Å². The van der Waals surface area contributed by atoms with Crippen LogP contribution in [-0.4, -0.2) is 23.6 Å². The number of hydrogen-bond donors (Lipinski definition) is 2. The summed E-state index contributed by atoms with van der Waals surface area (Å²) in [5, 5.41) is 12.1. The van der Waals surface area contributed by atoms with E-state index in [4.69, 9.17) is 25.9 Å². The maximum absolute atomic E-state index is 12.4. The molecular formula is C17H18ClNO5. The van der Waals surface area contributed by atoms with Gasteiger partial charge in [0.2, 0.25) is 0 Å². The lowest BCUT2D eigenvalue weighted by atomic mass is 10.2. The molecule has 0 saturated carbocycles. The molecule has 0 radical (unpaired) electrons.